The van der Waals surface area contributed by atoms with E-state index in [1.54, 1.807) is 24.3 Å². The van der Waals surface area contributed by atoms with Crippen molar-refractivity contribution >= 4 is 33.2 Å². The fourth-order valence-corrected chi connectivity index (χ4v) is 4.35. The number of carbonyl (C=O) groups excluding carboxylic acids is 1. The van der Waals surface area contributed by atoms with Gasteiger partial charge in [0.25, 0.3) is 0 Å². The molecule has 0 spiro atoms. The van der Waals surface area contributed by atoms with E-state index in [0.29, 0.717) is 17.1 Å². The molecule has 0 unspecified atom stereocenters. The zero-order chi connectivity index (χ0) is 20.9. The maximum atomic E-state index is 12.3. The number of nitrogens with one attached hydrogen (secondary N) is 1. The fraction of sp³-hybridized carbons (Fsp3) is 0.381. The SMILES string of the molecule is Cc1ccc([C@@H](C)NC(=O)CCCN(c2cccc(Cl)c2)S(C)(=O)=O)c(C)c1. The molecule has 1 amide bonds. The molecule has 0 saturated heterocycles. The third kappa shape index (κ3) is 6.24. The Morgan fingerprint density at radius 3 is 2.50 bits per heavy atom. The van der Waals surface area contributed by atoms with Gasteiger partial charge >= 0.3 is 0 Å². The number of halogens is 1. The van der Waals surface area contributed by atoms with Gasteiger partial charge in [-0.1, -0.05) is 41.4 Å². The topological polar surface area (TPSA) is 66.5 Å². The lowest BCUT2D eigenvalue weighted by atomic mass is 10.00. The minimum Gasteiger partial charge on any atom is -0.350 e. The molecule has 0 aliphatic heterocycles. The fourth-order valence-electron chi connectivity index (χ4n) is 3.20. The van der Waals surface area contributed by atoms with Crippen molar-refractivity contribution in [3.8, 4) is 0 Å². The molecule has 7 heteroatoms. The van der Waals surface area contributed by atoms with Gasteiger partial charge in [0.05, 0.1) is 18.0 Å². The van der Waals surface area contributed by atoms with Crippen molar-refractivity contribution in [1.29, 1.82) is 0 Å². The highest BCUT2D eigenvalue weighted by Crippen LogP contribution is 2.22. The molecule has 1 N–H and O–H groups in total. The van der Waals surface area contributed by atoms with Gasteiger partial charge in [0.1, 0.15) is 0 Å². The molecular formula is C21H27ClN2O3S. The van der Waals surface area contributed by atoms with Crippen LogP contribution in [-0.4, -0.2) is 27.1 Å². The molecule has 0 saturated carbocycles. The first kappa shape index (κ1) is 22.2. The number of amides is 1. The van der Waals surface area contributed by atoms with Gasteiger partial charge in [-0.15, -0.1) is 0 Å². The predicted octanol–water partition coefficient (Wildman–Crippen LogP) is 4.38. The molecule has 2 rings (SSSR count). The van der Waals surface area contributed by atoms with Gasteiger partial charge in [-0.25, -0.2) is 8.42 Å². The second-order valence-electron chi connectivity index (χ2n) is 7.07. The van der Waals surface area contributed by atoms with Crippen LogP contribution in [-0.2, 0) is 14.8 Å². The Labute approximate surface area is 172 Å². The zero-order valence-corrected chi connectivity index (χ0v) is 18.3. The van der Waals surface area contributed by atoms with Gasteiger partial charge in [-0.2, -0.15) is 0 Å². The number of hydrogen-bond donors (Lipinski definition) is 1. The summed E-state index contributed by atoms with van der Waals surface area (Å²) in [5.74, 6) is -0.105. The minimum absolute atomic E-state index is 0.105. The Morgan fingerprint density at radius 2 is 1.89 bits per heavy atom. The summed E-state index contributed by atoms with van der Waals surface area (Å²) in [4.78, 5) is 12.3. The van der Waals surface area contributed by atoms with Crippen molar-refractivity contribution in [2.75, 3.05) is 17.1 Å². The van der Waals surface area contributed by atoms with Gasteiger partial charge in [-0.05, 0) is 56.5 Å². The van der Waals surface area contributed by atoms with E-state index in [4.69, 9.17) is 11.6 Å². The zero-order valence-electron chi connectivity index (χ0n) is 16.7. The molecule has 5 nitrogen and oxygen atoms in total. The quantitative estimate of drug-likeness (QED) is 0.686. The van der Waals surface area contributed by atoms with Gasteiger partial charge < -0.3 is 5.32 Å². The molecular weight excluding hydrogens is 396 g/mol. The van der Waals surface area contributed by atoms with E-state index in [1.807, 2.05) is 32.9 Å². The van der Waals surface area contributed by atoms with Gasteiger partial charge in [-0.3, -0.25) is 9.10 Å². The Kier molecular flexibility index (Phi) is 7.49. The molecule has 0 aliphatic rings. The highest BCUT2D eigenvalue weighted by molar-refractivity contribution is 7.92. The van der Waals surface area contributed by atoms with Crippen molar-refractivity contribution in [1.82, 2.24) is 5.32 Å². The molecule has 2 aromatic rings. The normalized spacial score (nSPS) is 12.5. The maximum absolute atomic E-state index is 12.3. The molecule has 2 aromatic carbocycles. The summed E-state index contributed by atoms with van der Waals surface area (Å²) in [5, 5.41) is 3.45. The van der Waals surface area contributed by atoms with Crippen LogP contribution >= 0.6 is 11.6 Å². The van der Waals surface area contributed by atoms with Crippen LogP contribution in [0, 0.1) is 13.8 Å². The van der Waals surface area contributed by atoms with Crippen molar-refractivity contribution < 1.29 is 13.2 Å². The number of nitrogens with zero attached hydrogens (tertiary/aromatic N) is 1. The predicted molar refractivity (Wildman–Crippen MR) is 115 cm³/mol. The lowest BCUT2D eigenvalue weighted by molar-refractivity contribution is -0.121. The maximum Gasteiger partial charge on any atom is 0.232 e. The van der Waals surface area contributed by atoms with Gasteiger partial charge in [0.15, 0.2) is 0 Å². The second-order valence-corrected chi connectivity index (χ2v) is 9.41. The van der Waals surface area contributed by atoms with Crippen molar-refractivity contribution in [3.05, 3.63) is 64.2 Å². The van der Waals surface area contributed by atoms with E-state index in [9.17, 15) is 13.2 Å². The van der Waals surface area contributed by atoms with E-state index < -0.39 is 10.0 Å². The third-order valence-corrected chi connectivity index (χ3v) is 5.96. The number of benzene rings is 2. The van der Waals surface area contributed by atoms with Crippen molar-refractivity contribution in [2.24, 2.45) is 0 Å². The monoisotopic (exact) mass is 422 g/mol. The number of anilines is 1. The molecule has 0 heterocycles. The lowest BCUT2D eigenvalue weighted by Gasteiger charge is -2.23. The molecule has 1 atom stereocenters. The van der Waals surface area contributed by atoms with E-state index in [2.05, 4.69) is 11.4 Å². The van der Waals surface area contributed by atoms with E-state index in [0.717, 1.165) is 17.4 Å². The molecule has 0 aromatic heterocycles. The van der Waals surface area contributed by atoms with Crippen molar-refractivity contribution in [3.63, 3.8) is 0 Å². The number of rotatable bonds is 8. The summed E-state index contributed by atoms with van der Waals surface area (Å²) >= 11 is 5.98. The summed E-state index contributed by atoms with van der Waals surface area (Å²) in [6.45, 7) is 6.22. The van der Waals surface area contributed by atoms with Crippen LogP contribution < -0.4 is 9.62 Å². The van der Waals surface area contributed by atoms with Crippen LogP contribution in [0.4, 0.5) is 5.69 Å². The Hall–Kier alpha value is -2.05. The largest absolute Gasteiger partial charge is 0.350 e. The third-order valence-electron chi connectivity index (χ3n) is 4.53. The number of carbonyl (C=O) groups is 1. The van der Waals surface area contributed by atoms with Crippen LogP contribution in [0.3, 0.4) is 0 Å². The lowest BCUT2D eigenvalue weighted by Crippen LogP contribution is -2.32. The van der Waals surface area contributed by atoms with Crippen molar-refractivity contribution in [2.45, 2.75) is 39.7 Å². The Bertz CT molecular complexity index is 944. The highest BCUT2D eigenvalue weighted by atomic mass is 35.5. The summed E-state index contributed by atoms with van der Waals surface area (Å²) in [6.07, 6.45) is 1.79. The Balaban J connectivity index is 1.95. The van der Waals surface area contributed by atoms with Crippen LogP contribution in [0.5, 0.6) is 0 Å². The second kappa shape index (κ2) is 9.43. The van der Waals surface area contributed by atoms with E-state index in [1.165, 1.54) is 9.87 Å². The molecule has 0 bridgehead atoms. The minimum atomic E-state index is -3.47. The van der Waals surface area contributed by atoms with Crippen LogP contribution in [0.15, 0.2) is 42.5 Å². The summed E-state index contributed by atoms with van der Waals surface area (Å²) in [5.41, 5.74) is 3.90. The van der Waals surface area contributed by atoms with Crippen LogP contribution in [0.2, 0.25) is 5.02 Å². The smallest absolute Gasteiger partial charge is 0.232 e. The van der Waals surface area contributed by atoms with Gasteiger partial charge in [0.2, 0.25) is 15.9 Å². The first-order valence-electron chi connectivity index (χ1n) is 9.17. The van der Waals surface area contributed by atoms with Crippen LogP contribution in [0.25, 0.3) is 0 Å². The van der Waals surface area contributed by atoms with E-state index in [-0.39, 0.29) is 24.9 Å². The average molecular weight is 423 g/mol. The molecule has 152 valence electrons. The number of hydrogen-bond acceptors (Lipinski definition) is 3. The summed E-state index contributed by atoms with van der Waals surface area (Å²) in [7, 11) is -3.47. The molecule has 0 fully saturated rings. The standard InChI is InChI=1S/C21H27ClN2O3S/c1-15-10-11-20(16(2)13-15)17(3)23-21(25)9-6-12-24(28(4,26)27)19-8-5-7-18(22)14-19/h5,7-8,10-11,13-14,17H,6,9,12H2,1-4H3,(H,23,25)/t17-/m1/s1. The van der Waals surface area contributed by atoms with Crippen LogP contribution in [0.1, 0.15) is 42.5 Å². The Morgan fingerprint density at radius 1 is 1.18 bits per heavy atom. The first-order chi connectivity index (χ1) is 13.1. The number of sulfonamides is 1. The number of aryl methyl sites for hydroxylation is 2. The molecule has 0 aliphatic carbocycles. The van der Waals surface area contributed by atoms with E-state index >= 15 is 0 Å². The average Bonchev–Trinajstić information content (AvgIpc) is 2.57. The summed E-state index contributed by atoms with van der Waals surface area (Å²) in [6, 6.07) is 12.7. The molecule has 0 radical (unpaired) electrons. The highest BCUT2D eigenvalue weighted by Gasteiger charge is 2.18. The first-order valence-corrected chi connectivity index (χ1v) is 11.4. The molecule has 28 heavy (non-hydrogen) atoms. The van der Waals surface area contributed by atoms with Gasteiger partial charge in [0, 0.05) is 18.0 Å². The summed E-state index contributed by atoms with van der Waals surface area (Å²) < 4.78 is 25.5.